The standard InChI is InChI=1S/C17H18BrNO/c1-3-10-20-17-9-6-14(11-16(17)18)12-19-15-7-4-13(2)5-8-15/h4-9,11-12H,3,10H2,1-2H3. The lowest BCUT2D eigenvalue weighted by atomic mass is 10.2. The van der Waals surface area contributed by atoms with E-state index in [1.807, 2.05) is 36.5 Å². The highest BCUT2D eigenvalue weighted by molar-refractivity contribution is 9.10. The molecule has 2 nitrogen and oxygen atoms in total. The molecular formula is C17H18BrNO. The number of halogens is 1. The van der Waals surface area contributed by atoms with E-state index in [4.69, 9.17) is 4.74 Å². The first-order valence-electron chi connectivity index (χ1n) is 6.72. The van der Waals surface area contributed by atoms with E-state index in [1.165, 1.54) is 5.56 Å². The van der Waals surface area contributed by atoms with Crippen LogP contribution in [0.2, 0.25) is 0 Å². The summed E-state index contributed by atoms with van der Waals surface area (Å²) in [4.78, 5) is 4.46. The van der Waals surface area contributed by atoms with Crippen molar-refractivity contribution in [2.24, 2.45) is 4.99 Å². The van der Waals surface area contributed by atoms with Crippen LogP contribution in [0.15, 0.2) is 51.9 Å². The Hall–Kier alpha value is -1.61. The summed E-state index contributed by atoms with van der Waals surface area (Å²) in [6, 6.07) is 14.1. The Morgan fingerprint density at radius 1 is 1.15 bits per heavy atom. The van der Waals surface area contributed by atoms with Gasteiger partial charge in [0.1, 0.15) is 5.75 Å². The predicted molar refractivity (Wildman–Crippen MR) is 88.4 cm³/mol. The lowest BCUT2D eigenvalue weighted by Crippen LogP contribution is -1.96. The lowest BCUT2D eigenvalue weighted by molar-refractivity contribution is 0.315. The minimum Gasteiger partial charge on any atom is -0.492 e. The molecule has 104 valence electrons. The molecular weight excluding hydrogens is 314 g/mol. The molecule has 2 rings (SSSR count). The molecule has 0 radical (unpaired) electrons. The van der Waals surface area contributed by atoms with E-state index >= 15 is 0 Å². The molecule has 0 N–H and O–H groups in total. The van der Waals surface area contributed by atoms with Gasteiger partial charge in [-0.25, -0.2) is 0 Å². The Bertz CT molecular complexity index is 590. The Kier molecular flexibility index (Phi) is 5.36. The summed E-state index contributed by atoms with van der Waals surface area (Å²) in [6.45, 7) is 4.89. The van der Waals surface area contributed by atoms with Crippen LogP contribution in [-0.2, 0) is 0 Å². The minimum atomic E-state index is 0.732. The van der Waals surface area contributed by atoms with E-state index in [0.29, 0.717) is 0 Å². The zero-order valence-electron chi connectivity index (χ0n) is 11.8. The summed E-state index contributed by atoms with van der Waals surface area (Å²) in [5.41, 5.74) is 3.24. The molecule has 0 aliphatic heterocycles. The first-order chi connectivity index (χ1) is 9.69. The van der Waals surface area contributed by atoms with E-state index in [9.17, 15) is 0 Å². The van der Waals surface area contributed by atoms with Crippen LogP contribution in [0.5, 0.6) is 5.75 Å². The predicted octanol–water partition coefficient (Wildman–Crippen LogP) is 5.30. The van der Waals surface area contributed by atoms with E-state index in [1.54, 1.807) is 0 Å². The SMILES string of the molecule is CCCOc1ccc(C=Nc2ccc(C)cc2)cc1Br. The van der Waals surface area contributed by atoms with Crippen molar-refractivity contribution in [1.29, 1.82) is 0 Å². The van der Waals surface area contributed by atoms with Gasteiger partial charge in [-0.2, -0.15) is 0 Å². The van der Waals surface area contributed by atoms with Gasteiger partial charge in [-0.3, -0.25) is 4.99 Å². The fourth-order valence-electron chi connectivity index (χ4n) is 1.71. The van der Waals surface area contributed by atoms with E-state index in [-0.39, 0.29) is 0 Å². The molecule has 0 aliphatic carbocycles. The lowest BCUT2D eigenvalue weighted by Gasteiger charge is -2.07. The molecule has 0 aliphatic rings. The highest BCUT2D eigenvalue weighted by Gasteiger charge is 2.01. The van der Waals surface area contributed by atoms with Gasteiger partial charge < -0.3 is 4.74 Å². The van der Waals surface area contributed by atoms with Crippen LogP contribution in [-0.4, -0.2) is 12.8 Å². The molecule has 0 saturated carbocycles. The summed E-state index contributed by atoms with van der Waals surface area (Å²) < 4.78 is 6.58. The number of hydrogen-bond donors (Lipinski definition) is 0. The maximum atomic E-state index is 5.63. The zero-order valence-corrected chi connectivity index (χ0v) is 13.4. The van der Waals surface area contributed by atoms with Gasteiger partial charge in [-0.1, -0.05) is 24.6 Å². The summed E-state index contributed by atoms with van der Waals surface area (Å²) in [6.07, 6.45) is 2.86. The summed E-state index contributed by atoms with van der Waals surface area (Å²) in [7, 11) is 0. The van der Waals surface area contributed by atoms with Gasteiger partial charge in [0.05, 0.1) is 16.8 Å². The highest BCUT2D eigenvalue weighted by Crippen LogP contribution is 2.26. The molecule has 0 aromatic heterocycles. The Labute approximate surface area is 128 Å². The number of aryl methyl sites for hydroxylation is 1. The van der Waals surface area contributed by atoms with E-state index in [2.05, 4.69) is 46.9 Å². The fourth-order valence-corrected chi connectivity index (χ4v) is 2.22. The van der Waals surface area contributed by atoms with Gasteiger partial charge in [-0.15, -0.1) is 0 Å². The number of aliphatic imine (C=N–C) groups is 1. The van der Waals surface area contributed by atoms with Gasteiger partial charge in [-0.05, 0) is 65.2 Å². The van der Waals surface area contributed by atoms with Gasteiger partial charge in [0.2, 0.25) is 0 Å². The highest BCUT2D eigenvalue weighted by atomic mass is 79.9. The van der Waals surface area contributed by atoms with Crippen LogP contribution in [0.1, 0.15) is 24.5 Å². The Balaban J connectivity index is 2.09. The van der Waals surface area contributed by atoms with Crippen LogP contribution in [0, 0.1) is 6.92 Å². The summed E-state index contributed by atoms with van der Waals surface area (Å²) >= 11 is 3.53. The molecule has 0 amide bonds. The van der Waals surface area contributed by atoms with Crippen LogP contribution >= 0.6 is 15.9 Å². The average Bonchev–Trinajstić information content (AvgIpc) is 2.46. The molecule has 20 heavy (non-hydrogen) atoms. The molecule has 0 saturated heterocycles. The largest absolute Gasteiger partial charge is 0.492 e. The molecule has 0 heterocycles. The minimum absolute atomic E-state index is 0.732. The molecule has 0 spiro atoms. The van der Waals surface area contributed by atoms with Gasteiger partial charge in [0, 0.05) is 6.21 Å². The zero-order chi connectivity index (χ0) is 14.4. The smallest absolute Gasteiger partial charge is 0.133 e. The van der Waals surface area contributed by atoms with Crippen molar-refractivity contribution in [2.75, 3.05) is 6.61 Å². The quantitative estimate of drug-likeness (QED) is 0.681. The second-order valence-electron chi connectivity index (χ2n) is 4.63. The van der Waals surface area contributed by atoms with Gasteiger partial charge in [0.15, 0.2) is 0 Å². The van der Waals surface area contributed by atoms with Crippen molar-refractivity contribution in [3.63, 3.8) is 0 Å². The van der Waals surface area contributed by atoms with Crippen molar-refractivity contribution in [3.8, 4) is 5.75 Å². The maximum absolute atomic E-state index is 5.63. The molecule has 0 fully saturated rings. The second kappa shape index (κ2) is 7.25. The van der Waals surface area contributed by atoms with Crippen molar-refractivity contribution in [1.82, 2.24) is 0 Å². The number of nitrogens with zero attached hydrogens (tertiary/aromatic N) is 1. The molecule has 0 atom stereocenters. The van der Waals surface area contributed by atoms with Crippen molar-refractivity contribution in [3.05, 3.63) is 58.1 Å². The third-order valence-corrected chi connectivity index (χ3v) is 3.43. The van der Waals surface area contributed by atoms with Gasteiger partial charge in [0.25, 0.3) is 0 Å². The van der Waals surface area contributed by atoms with Crippen LogP contribution in [0.25, 0.3) is 0 Å². The summed E-state index contributed by atoms with van der Waals surface area (Å²) in [5, 5.41) is 0. The Morgan fingerprint density at radius 3 is 2.55 bits per heavy atom. The summed E-state index contributed by atoms with van der Waals surface area (Å²) in [5.74, 6) is 0.874. The first kappa shape index (κ1) is 14.8. The van der Waals surface area contributed by atoms with Crippen LogP contribution < -0.4 is 4.74 Å². The van der Waals surface area contributed by atoms with Crippen molar-refractivity contribution < 1.29 is 4.74 Å². The van der Waals surface area contributed by atoms with Crippen molar-refractivity contribution >= 4 is 27.8 Å². The third kappa shape index (κ3) is 4.20. The fraction of sp³-hybridized carbons (Fsp3) is 0.235. The average molecular weight is 332 g/mol. The molecule has 0 unspecified atom stereocenters. The molecule has 3 heteroatoms. The molecule has 2 aromatic carbocycles. The van der Waals surface area contributed by atoms with Crippen LogP contribution in [0.4, 0.5) is 5.69 Å². The topological polar surface area (TPSA) is 21.6 Å². The normalized spacial score (nSPS) is 10.9. The van der Waals surface area contributed by atoms with E-state index in [0.717, 1.165) is 34.5 Å². The molecule has 0 bridgehead atoms. The van der Waals surface area contributed by atoms with E-state index < -0.39 is 0 Å². The monoisotopic (exact) mass is 331 g/mol. The molecule has 2 aromatic rings. The van der Waals surface area contributed by atoms with Crippen LogP contribution in [0.3, 0.4) is 0 Å². The number of ether oxygens (including phenoxy) is 1. The number of rotatable bonds is 5. The third-order valence-electron chi connectivity index (χ3n) is 2.81. The second-order valence-corrected chi connectivity index (χ2v) is 5.49. The maximum Gasteiger partial charge on any atom is 0.133 e. The number of benzene rings is 2. The number of hydrogen-bond acceptors (Lipinski definition) is 2. The van der Waals surface area contributed by atoms with Crippen molar-refractivity contribution in [2.45, 2.75) is 20.3 Å². The van der Waals surface area contributed by atoms with Gasteiger partial charge >= 0.3 is 0 Å². The Morgan fingerprint density at radius 2 is 1.90 bits per heavy atom. The first-order valence-corrected chi connectivity index (χ1v) is 7.51.